The van der Waals surface area contributed by atoms with E-state index in [9.17, 15) is 0 Å². The molecule has 0 aromatic rings. The highest BCUT2D eigenvalue weighted by Crippen LogP contribution is 2.26. The molecule has 0 aromatic heterocycles. The minimum atomic E-state index is -4.64. The Morgan fingerprint density at radius 2 is 0.611 bits per heavy atom. The molecular formula is C2H15O13P3. The smallest absolute Gasteiger partial charge is 0.397 e. The number of aliphatic hydroxyl groups excluding tert-OH is 1. The molecular weight excluding hydrogens is 325 g/mol. The van der Waals surface area contributed by atoms with E-state index >= 15 is 0 Å². The molecule has 0 fully saturated rings. The molecule has 18 heavy (non-hydrogen) atoms. The monoisotopic (exact) mass is 340 g/mol. The SMILES string of the molecule is CCO.O=P(O)(O)O.O=P(O)(O)O.O=P(O)(O)O. The number of aliphatic hydroxyl groups is 1. The van der Waals surface area contributed by atoms with Crippen LogP contribution < -0.4 is 0 Å². The summed E-state index contributed by atoms with van der Waals surface area (Å²) in [6.45, 7) is 1.93. The minimum absolute atomic E-state index is 0.250. The maximum atomic E-state index is 8.88. The lowest BCUT2D eigenvalue weighted by Crippen LogP contribution is -1.66. The van der Waals surface area contributed by atoms with Gasteiger partial charge in [-0.1, -0.05) is 0 Å². The Labute approximate surface area is 101 Å². The third kappa shape index (κ3) is 45300. The predicted molar refractivity (Wildman–Crippen MR) is 55.5 cm³/mol. The fourth-order valence-electron chi connectivity index (χ4n) is 0. The Kier molecular flexibility index (Phi) is 18.3. The Bertz CT molecular complexity index is 219. The maximum Gasteiger partial charge on any atom is 0.466 e. The zero-order chi connectivity index (χ0) is 16.2. The molecule has 0 spiro atoms. The Morgan fingerprint density at radius 3 is 0.611 bits per heavy atom. The summed E-state index contributed by atoms with van der Waals surface area (Å²) in [7, 11) is -13.9. The molecule has 0 saturated heterocycles. The van der Waals surface area contributed by atoms with Crippen LogP contribution in [-0.4, -0.2) is 55.8 Å². The van der Waals surface area contributed by atoms with Crippen LogP contribution in [0.25, 0.3) is 0 Å². The molecule has 116 valence electrons. The summed E-state index contributed by atoms with van der Waals surface area (Å²) < 4.78 is 26.6. The fraction of sp³-hybridized carbons (Fsp3) is 1.00. The third-order valence-corrected chi connectivity index (χ3v) is 0. The Hall–Kier alpha value is 0.290. The zero-order valence-corrected chi connectivity index (χ0v) is 11.4. The second-order valence-corrected chi connectivity index (χ2v) is 4.94. The van der Waals surface area contributed by atoms with Gasteiger partial charge in [0.1, 0.15) is 0 Å². The van der Waals surface area contributed by atoms with Gasteiger partial charge in [0.15, 0.2) is 0 Å². The van der Waals surface area contributed by atoms with Gasteiger partial charge in [-0.3, -0.25) is 0 Å². The Morgan fingerprint density at radius 1 is 0.611 bits per heavy atom. The number of rotatable bonds is 0. The summed E-state index contributed by atoms with van der Waals surface area (Å²) in [6.07, 6.45) is 0. The van der Waals surface area contributed by atoms with Gasteiger partial charge in [0.2, 0.25) is 0 Å². The van der Waals surface area contributed by atoms with E-state index < -0.39 is 23.5 Å². The van der Waals surface area contributed by atoms with E-state index in [1.165, 1.54) is 0 Å². The van der Waals surface area contributed by atoms with Crippen molar-refractivity contribution in [3.05, 3.63) is 0 Å². The average Bonchev–Trinajstić information content (AvgIpc) is 1.71. The van der Waals surface area contributed by atoms with E-state index in [0.29, 0.717) is 0 Å². The van der Waals surface area contributed by atoms with Gasteiger partial charge in [-0.2, -0.15) is 0 Å². The van der Waals surface area contributed by atoms with Crippen LogP contribution in [0.15, 0.2) is 0 Å². The second kappa shape index (κ2) is 12.3. The van der Waals surface area contributed by atoms with Crippen LogP contribution in [-0.2, 0) is 13.7 Å². The quantitative estimate of drug-likeness (QED) is 0.200. The van der Waals surface area contributed by atoms with Crippen LogP contribution in [0.2, 0.25) is 0 Å². The number of hydrogen-bond donors (Lipinski definition) is 10. The molecule has 0 aliphatic rings. The van der Waals surface area contributed by atoms with Gasteiger partial charge >= 0.3 is 23.5 Å². The van der Waals surface area contributed by atoms with E-state index in [-0.39, 0.29) is 6.61 Å². The third-order valence-electron chi connectivity index (χ3n) is 0. The van der Waals surface area contributed by atoms with Gasteiger partial charge in [0, 0.05) is 6.61 Å². The van der Waals surface area contributed by atoms with Crippen LogP contribution in [0.3, 0.4) is 0 Å². The van der Waals surface area contributed by atoms with E-state index in [1.807, 2.05) is 0 Å². The molecule has 16 heteroatoms. The standard InChI is InChI=1S/C2H6O.3H3O4P/c1-2-3;3*1-5(2,3)4/h3H,2H2,1H3;3*(H3,1,2,3,4). The molecule has 0 amide bonds. The molecule has 0 aromatic carbocycles. The van der Waals surface area contributed by atoms with E-state index in [4.69, 9.17) is 62.8 Å². The first-order chi connectivity index (χ1) is 7.41. The molecule has 0 rings (SSSR count). The van der Waals surface area contributed by atoms with Gasteiger partial charge in [-0.25, -0.2) is 13.7 Å². The predicted octanol–water partition coefficient (Wildman–Crippen LogP) is -2.79. The first kappa shape index (κ1) is 26.8. The fourth-order valence-corrected chi connectivity index (χ4v) is 0. The molecule has 0 heterocycles. The van der Waals surface area contributed by atoms with Gasteiger partial charge < -0.3 is 49.1 Å². The molecule has 0 saturated carbocycles. The average molecular weight is 340 g/mol. The van der Waals surface area contributed by atoms with Crippen molar-refractivity contribution in [3.63, 3.8) is 0 Å². The lowest BCUT2D eigenvalue weighted by atomic mass is 10.9. The molecule has 0 radical (unpaired) electrons. The van der Waals surface area contributed by atoms with Crippen molar-refractivity contribution in [2.24, 2.45) is 0 Å². The highest BCUT2D eigenvalue weighted by molar-refractivity contribution is 7.45. The van der Waals surface area contributed by atoms with Gasteiger partial charge in [-0.05, 0) is 6.92 Å². The van der Waals surface area contributed by atoms with Crippen molar-refractivity contribution >= 4 is 23.5 Å². The van der Waals surface area contributed by atoms with Crippen molar-refractivity contribution in [2.45, 2.75) is 6.92 Å². The van der Waals surface area contributed by atoms with Crippen LogP contribution in [0.4, 0.5) is 0 Å². The maximum absolute atomic E-state index is 8.88. The highest BCUT2D eigenvalue weighted by Gasteiger charge is 2.01. The van der Waals surface area contributed by atoms with Crippen molar-refractivity contribution < 1.29 is 62.8 Å². The second-order valence-electron chi connectivity index (χ2n) is 1.86. The summed E-state index contributed by atoms with van der Waals surface area (Å²) in [5.74, 6) is 0. The van der Waals surface area contributed by atoms with E-state index in [2.05, 4.69) is 0 Å². The summed E-state index contributed by atoms with van der Waals surface area (Å²) in [4.78, 5) is 64.7. The lowest BCUT2D eigenvalue weighted by molar-refractivity contribution is 0.272. The Balaban J connectivity index is -0.0000000739. The van der Waals surface area contributed by atoms with Gasteiger partial charge in [0.25, 0.3) is 0 Å². The van der Waals surface area contributed by atoms with Crippen molar-refractivity contribution in [2.75, 3.05) is 6.61 Å². The van der Waals surface area contributed by atoms with E-state index in [1.54, 1.807) is 6.92 Å². The van der Waals surface area contributed by atoms with Crippen LogP contribution in [0.5, 0.6) is 0 Å². The minimum Gasteiger partial charge on any atom is -0.397 e. The van der Waals surface area contributed by atoms with Crippen molar-refractivity contribution in [1.82, 2.24) is 0 Å². The molecule has 0 atom stereocenters. The normalized spacial score (nSPS) is 10.8. The topological polar surface area (TPSA) is 254 Å². The summed E-state index contributed by atoms with van der Waals surface area (Å²) in [5, 5.41) is 7.57. The van der Waals surface area contributed by atoms with Gasteiger partial charge in [-0.15, -0.1) is 0 Å². The molecule has 0 unspecified atom stereocenters. The van der Waals surface area contributed by atoms with Crippen molar-refractivity contribution in [3.8, 4) is 0 Å². The summed E-state index contributed by atoms with van der Waals surface area (Å²) in [6, 6.07) is 0. The van der Waals surface area contributed by atoms with Crippen LogP contribution in [0.1, 0.15) is 6.92 Å². The van der Waals surface area contributed by atoms with E-state index in [0.717, 1.165) is 0 Å². The molecule has 13 nitrogen and oxygen atoms in total. The molecule has 10 N–H and O–H groups in total. The van der Waals surface area contributed by atoms with Gasteiger partial charge in [0.05, 0.1) is 0 Å². The first-order valence-electron chi connectivity index (χ1n) is 3.37. The highest BCUT2D eigenvalue weighted by atomic mass is 31.2. The summed E-state index contributed by atoms with van der Waals surface area (Å²) >= 11 is 0. The molecule has 0 aliphatic heterocycles. The van der Waals surface area contributed by atoms with Crippen LogP contribution in [0, 0.1) is 0 Å². The summed E-state index contributed by atoms with van der Waals surface area (Å²) in [5.41, 5.74) is 0. The zero-order valence-electron chi connectivity index (χ0n) is 8.75. The lowest BCUT2D eigenvalue weighted by Gasteiger charge is -1.82. The molecule has 0 aliphatic carbocycles. The largest absolute Gasteiger partial charge is 0.466 e. The molecule has 0 bridgehead atoms. The van der Waals surface area contributed by atoms with Crippen LogP contribution >= 0.6 is 23.5 Å². The number of phosphoric acid groups is 3. The van der Waals surface area contributed by atoms with Crippen molar-refractivity contribution in [1.29, 1.82) is 0 Å². The first-order valence-corrected chi connectivity index (χ1v) is 8.07. The number of hydrogen-bond acceptors (Lipinski definition) is 4.